The van der Waals surface area contributed by atoms with Crippen molar-refractivity contribution in [3.05, 3.63) is 94.5 Å². The number of ketones is 1. The number of nitrogens with one attached hydrogen (secondary N) is 3. The maximum atomic E-state index is 13.3. The standard InChI is InChI=1S/C25H23N3O4S/c1-15(16-5-3-2-4-6-16)27-25(30)28-20-9-10-21-22(12-20)33(31,32)24(23(21)29)17-7-8-18-13-26-14-19(18)11-17/h2-12,15,24,26H,13-14H2,1H3,(H2,27,28,30). The predicted molar refractivity (Wildman–Crippen MR) is 125 cm³/mol. The highest BCUT2D eigenvalue weighted by atomic mass is 32.2. The number of Topliss-reactive ketones (excluding diaryl/α,β-unsaturated/α-hetero) is 1. The van der Waals surface area contributed by atoms with Crippen molar-refractivity contribution in [2.45, 2.75) is 36.2 Å². The fourth-order valence-corrected chi connectivity index (χ4v) is 6.38. The van der Waals surface area contributed by atoms with Gasteiger partial charge in [-0.3, -0.25) is 4.79 Å². The van der Waals surface area contributed by atoms with Gasteiger partial charge >= 0.3 is 6.03 Å². The van der Waals surface area contributed by atoms with E-state index < -0.39 is 26.9 Å². The molecule has 0 spiro atoms. The fourth-order valence-electron chi connectivity index (χ4n) is 4.45. The summed E-state index contributed by atoms with van der Waals surface area (Å²) in [5.41, 5.74) is 4.01. The highest BCUT2D eigenvalue weighted by Crippen LogP contribution is 2.42. The van der Waals surface area contributed by atoms with Crippen LogP contribution in [0.25, 0.3) is 0 Å². The molecule has 2 unspecified atom stereocenters. The van der Waals surface area contributed by atoms with Crippen LogP contribution in [-0.2, 0) is 22.9 Å². The van der Waals surface area contributed by atoms with Gasteiger partial charge in [0.1, 0.15) is 0 Å². The van der Waals surface area contributed by atoms with Gasteiger partial charge in [-0.1, -0.05) is 48.5 Å². The van der Waals surface area contributed by atoms with Gasteiger partial charge in [-0.15, -0.1) is 0 Å². The van der Waals surface area contributed by atoms with E-state index in [1.54, 1.807) is 18.2 Å². The normalized spacial score (nSPS) is 18.9. The molecule has 2 heterocycles. The number of hydrogen-bond donors (Lipinski definition) is 3. The van der Waals surface area contributed by atoms with E-state index in [1.165, 1.54) is 12.1 Å². The van der Waals surface area contributed by atoms with Crippen molar-refractivity contribution < 1.29 is 18.0 Å². The van der Waals surface area contributed by atoms with Crippen molar-refractivity contribution in [1.82, 2.24) is 10.6 Å². The van der Waals surface area contributed by atoms with Gasteiger partial charge in [0.25, 0.3) is 0 Å². The molecule has 168 valence electrons. The Labute approximate surface area is 192 Å². The van der Waals surface area contributed by atoms with Gasteiger partial charge in [0, 0.05) is 24.3 Å². The molecule has 3 aromatic carbocycles. The van der Waals surface area contributed by atoms with Gasteiger partial charge in [0.2, 0.25) is 0 Å². The number of amides is 2. The average molecular weight is 462 g/mol. The Hall–Kier alpha value is -3.49. The molecule has 2 aliphatic rings. The molecule has 5 rings (SSSR count). The number of urea groups is 1. The van der Waals surface area contributed by atoms with Gasteiger partial charge in [-0.2, -0.15) is 0 Å². The Morgan fingerprint density at radius 2 is 1.76 bits per heavy atom. The van der Waals surface area contributed by atoms with Crippen molar-refractivity contribution in [1.29, 1.82) is 0 Å². The summed E-state index contributed by atoms with van der Waals surface area (Å²) in [7, 11) is -3.93. The monoisotopic (exact) mass is 461 g/mol. The molecular formula is C25H23N3O4S. The zero-order valence-electron chi connectivity index (χ0n) is 18.0. The smallest absolute Gasteiger partial charge is 0.319 e. The number of fused-ring (bicyclic) bond motifs is 2. The van der Waals surface area contributed by atoms with E-state index in [0.717, 1.165) is 23.2 Å². The van der Waals surface area contributed by atoms with Crippen molar-refractivity contribution in [3.63, 3.8) is 0 Å². The Morgan fingerprint density at radius 3 is 2.55 bits per heavy atom. The van der Waals surface area contributed by atoms with Crippen LogP contribution in [0.3, 0.4) is 0 Å². The quantitative estimate of drug-likeness (QED) is 0.547. The van der Waals surface area contributed by atoms with Crippen LogP contribution in [0.15, 0.2) is 71.6 Å². The number of carbonyl (C=O) groups excluding carboxylic acids is 2. The fraction of sp³-hybridized carbons (Fsp3) is 0.200. The third-order valence-electron chi connectivity index (χ3n) is 6.17. The van der Waals surface area contributed by atoms with Crippen LogP contribution in [0.5, 0.6) is 0 Å². The first-order valence-corrected chi connectivity index (χ1v) is 12.3. The van der Waals surface area contributed by atoms with E-state index in [2.05, 4.69) is 16.0 Å². The lowest BCUT2D eigenvalue weighted by Gasteiger charge is -2.15. The molecule has 2 amide bonds. The maximum absolute atomic E-state index is 13.3. The summed E-state index contributed by atoms with van der Waals surface area (Å²) in [5.74, 6) is -0.440. The number of sulfone groups is 1. The molecular weight excluding hydrogens is 438 g/mol. The van der Waals surface area contributed by atoms with Gasteiger partial charge in [-0.05, 0) is 47.4 Å². The SMILES string of the molecule is CC(NC(=O)Nc1ccc2c(c1)S(=O)(=O)C(c1ccc3c(c1)CNC3)C2=O)c1ccccc1. The second-order valence-electron chi connectivity index (χ2n) is 8.36. The van der Waals surface area contributed by atoms with Crippen LogP contribution >= 0.6 is 0 Å². The van der Waals surface area contributed by atoms with Gasteiger partial charge in [0.05, 0.1) is 10.9 Å². The summed E-state index contributed by atoms with van der Waals surface area (Å²) in [4.78, 5) is 25.5. The first-order chi connectivity index (χ1) is 15.8. The molecule has 0 aliphatic carbocycles. The molecule has 0 fully saturated rings. The van der Waals surface area contributed by atoms with Crippen LogP contribution in [-0.4, -0.2) is 20.2 Å². The highest BCUT2D eigenvalue weighted by Gasteiger charge is 2.45. The number of carbonyl (C=O) groups is 2. The lowest BCUT2D eigenvalue weighted by molar-refractivity contribution is 0.0990. The largest absolute Gasteiger partial charge is 0.331 e. The first-order valence-electron chi connectivity index (χ1n) is 10.7. The van der Waals surface area contributed by atoms with Crippen molar-refractivity contribution in [2.75, 3.05) is 5.32 Å². The second kappa shape index (κ2) is 8.13. The Balaban J connectivity index is 1.38. The molecule has 3 N–H and O–H groups in total. The molecule has 0 bridgehead atoms. The van der Waals surface area contributed by atoms with Crippen molar-refractivity contribution >= 4 is 27.3 Å². The molecule has 33 heavy (non-hydrogen) atoms. The van der Waals surface area contributed by atoms with E-state index in [-0.39, 0.29) is 16.5 Å². The van der Waals surface area contributed by atoms with E-state index in [0.29, 0.717) is 17.8 Å². The van der Waals surface area contributed by atoms with Gasteiger partial charge in [-0.25, -0.2) is 13.2 Å². The van der Waals surface area contributed by atoms with Crippen LogP contribution in [0.2, 0.25) is 0 Å². The molecule has 7 nitrogen and oxygen atoms in total. The second-order valence-corrected chi connectivity index (χ2v) is 10.4. The highest BCUT2D eigenvalue weighted by molar-refractivity contribution is 7.93. The third-order valence-corrected chi connectivity index (χ3v) is 8.23. The molecule has 8 heteroatoms. The lowest BCUT2D eigenvalue weighted by atomic mass is 9.99. The van der Waals surface area contributed by atoms with Crippen LogP contribution in [0.4, 0.5) is 10.5 Å². The molecule has 0 saturated heterocycles. The van der Waals surface area contributed by atoms with Crippen molar-refractivity contribution in [2.24, 2.45) is 0 Å². The van der Waals surface area contributed by atoms with Gasteiger partial charge in [0.15, 0.2) is 20.9 Å². The molecule has 2 aliphatic heterocycles. The minimum absolute atomic E-state index is 0.0509. The minimum atomic E-state index is -3.93. The molecule has 2 atom stereocenters. The zero-order valence-corrected chi connectivity index (χ0v) is 18.8. The zero-order chi connectivity index (χ0) is 23.2. The van der Waals surface area contributed by atoms with E-state index in [4.69, 9.17) is 0 Å². The summed E-state index contributed by atoms with van der Waals surface area (Å²) >= 11 is 0. The molecule has 0 radical (unpaired) electrons. The lowest BCUT2D eigenvalue weighted by Crippen LogP contribution is -2.31. The Bertz CT molecular complexity index is 1370. The summed E-state index contributed by atoms with van der Waals surface area (Å²) in [5, 5.41) is 7.47. The Kier molecular flexibility index (Phi) is 5.26. The topological polar surface area (TPSA) is 104 Å². The number of anilines is 1. The van der Waals surface area contributed by atoms with Gasteiger partial charge < -0.3 is 16.0 Å². The third kappa shape index (κ3) is 3.81. The molecule has 0 saturated carbocycles. The number of hydrogen-bond acceptors (Lipinski definition) is 5. The predicted octanol–water partition coefficient (Wildman–Crippen LogP) is 3.88. The van der Waals surface area contributed by atoms with Crippen molar-refractivity contribution in [3.8, 4) is 0 Å². The summed E-state index contributed by atoms with van der Waals surface area (Å²) < 4.78 is 26.7. The number of benzene rings is 3. The van der Waals surface area contributed by atoms with Crippen LogP contribution in [0.1, 0.15) is 50.8 Å². The molecule has 3 aromatic rings. The van der Waals surface area contributed by atoms with Crippen LogP contribution < -0.4 is 16.0 Å². The van der Waals surface area contributed by atoms with E-state index >= 15 is 0 Å². The average Bonchev–Trinajstić information content (AvgIpc) is 3.34. The maximum Gasteiger partial charge on any atom is 0.319 e. The van der Waals surface area contributed by atoms with E-state index in [1.807, 2.05) is 43.3 Å². The first kappa shape index (κ1) is 21.4. The summed E-state index contributed by atoms with van der Waals surface area (Å²) in [6, 6.07) is 18.6. The minimum Gasteiger partial charge on any atom is -0.331 e. The summed E-state index contributed by atoms with van der Waals surface area (Å²) in [6.45, 7) is 3.25. The van der Waals surface area contributed by atoms with E-state index in [9.17, 15) is 18.0 Å². The van der Waals surface area contributed by atoms with Crippen LogP contribution in [0, 0.1) is 0 Å². The molecule has 0 aromatic heterocycles. The Morgan fingerprint density at radius 1 is 1.00 bits per heavy atom. The summed E-state index contributed by atoms with van der Waals surface area (Å²) in [6.07, 6.45) is 0. The number of rotatable bonds is 4.